The Morgan fingerprint density at radius 3 is 2.24 bits per heavy atom. The minimum Gasteiger partial charge on any atom is -0.306 e. The van der Waals surface area contributed by atoms with Gasteiger partial charge >= 0.3 is 0 Å². The van der Waals surface area contributed by atoms with E-state index in [-0.39, 0.29) is 5.56 Å². The minimum absolute atomic E-state index is 0.166. The molecule has 0 radical (unpaired) electrons. The Kier molecular flexibility index (Phi) is 4.99. The lowest BCUT2D eigenvalue weighted by atomic mass is 10.1. The molecule has 0 fully saturated rings. The fourth-order valence-corrected chi connectivity index (χ4v) is 1.86. The predicted molar refractivity (Wildman–Crippen MR) is 84.9 cm³/mol. The summed E-state index contributed by atoms with van der Waals surface area (Å²) in [6.45, 7) is 4.00. The van der Waals surface area contributed by atoms with Gasteiger partial charge in [0.15, 0.2) is 0 Å². The highest BCUT2D eigenvalue weighted by atomic mass is 16.1. The monoisotopic (exact) mass is 279 g/mol. The molecule has 0 spiro atoms. The van der Waals surface area contributed by atoms with Gasteiger partial charge in [-0.3, -0.25) is 9.78 Å². The molecule has 0 amide bonds. The van der Waals surface area contributed by atoms with Gasteiger partial charge in [-0.25, -0.2) is 4.98 Å². The molecular formula is C17H17N3O. The van der Waals surface area contributed by atoms with Crippen LogP contribution in [0, 0.1) is 0 Å². The average Bonchev–Trinajstić information content (AvgIpc) is 2.58. The van der Waals surface area contributed by atoms with Crippen LogP contribution in [0.15, 0.2) is 65.7 Å². The van der Waals surface area contributed by atoms with Crippen molar-refractivity contribution in [1.82, 2.24) is 15.0 Å². The zero-order valence-electron chi connectivity index (χ0n) is 12.1. The third kappa shape index (κ3) is 3.63. The van der Waals surface area contributed by atoms with Crippen molar-refractivity contribution in [3.8, 4) is 22.6 Å². The Morgan fingerprint density at radius 2 is 1.57 bits per heavy atom. The van der Waals surface area contributed by atoms with Crippen LogP contribution in [0.25, 0.3) is 22.6 Å². The molecule has 3 aromatic rings. The molecule has 2 aromatic heterocycles. The number of H-pyrrole nitrogens is 1. The quantitative estimate of drug-likeness (QED) is 0.780. The van der Waals surface area contributed by atoms with E-state index >= 15 is 0 Å². The minimum atomic E-state index is -0.166. The standard InChI is InChI=1S/C15H11N3O.C2H6/c19-14-10-13(11-4-2-1-3-5-11)17-15(18-14)12-6-8-16-9-7-12;1-2/h1-10H,(H,17,18,19);1-2H3. The molecule has 0 aliphatic heterocycles. The zero-order valence-corrected chi connectivity index (χ0v) is 12.1. The predicted octanol–water partition coefficient (Wildman–Crippen LogP) is 3.53. The van der Waals surface area contributed by atoms with Crippen molar-refractivity contribution in [2.24, 2.45) is 0 Å². The van der Waals surface area contributed by atoms with Crippen LogP contribution in [0.5, 0.6) is 0 Å². The van der Waals surface area contributed by atoms with Crippen molar-refractivity contribution in [1.29, 1.82) is 0 Å². The molecule has 4 heteroatoms. The normalized spacial score (nSPS) is 9.62. The average molecular weight is 279 g/mol. The third-order valence-corrected chi connectivity index (χ3v) is 2.76. The SMILES string of the molecule is CC.O=c1cc(-c2ccccc2)nc(-c2ccncc2)[nH]1. The van der Waals surface area contributed by atoms with Crippen molar-refractivity contribution in [2.75, 3.05) is 0 Å². The molecule has 0 aliphatic rings. The Hall–Kier alpha value is -2.75. The smallest absolute Gasteiger partial charge is 0.251 e. The summed E-state index contributed by atoms with van der Waals surface area (Å²) in [5.41, 5.74) is 2.26. The maximum atomic E-state index is 11.7. The van der Waals surface area contributed by atoms with E-state index in [9.17, 15) is 4.79 Å². The van der Waals surface area contributed by atoms with Crippen LogP contribution in [0.1, 0.15) is 13.8 Å². The van der Waals surface area contributed by atoms with Crippen LogP contribution in [-0.2, 0) is 0 Å². The molecule has 21 heavy (non-hydrogen) atoms. The summed E-state index contributed by atoms with van der Waals surface area (Å²) in [5, 5.41) is 0. The summed E-state index contributed by atoms with van der Waals surface area (Å²) in [6.07, 6.45) is 3.34. The van der Waals surface area contributed by atoms with Gasteiger partial charge in [-0.1, -0.05) is 44.2 Å². The number of nitrogens with zero attached hydrogens (tertiary/aromatic N) is 2. The van der Waals surface area contributed by atoms with Crippen LogP contribution in [0.2, 0.25) is 0 Å². The van der Waals surface area contributed by atoms with Crippen molar-refractivity contribution in [2.45, 2.75) is 13.8 Å². The summed E-state index contributed by atoms with van der Waals surface area (Å²) in [6, 6.07) is 14.8. The second kappa shape index (κ2) is 7.14. The van der Waals surface area contributed by atoms with Gasteiger partial charge < -0.3 is 4.98 Å². The molecule has 2 heterocycles. The fourth-order valence-electron chi connectivity index (χ4n) is 1.86. The Bertz CT molecular complexity index is 676. The molecule has 0 aliphatic carbocycles. The van der Waals surface area contributed by atoms with Gasteiger partial charge in [0.05, 0.1) is 5.69 Å². The number of pyridine rings is 1. The van der Waals surface area contributed by atoms with E-state index in [1.165, 1.54) is 6.07 Å². The highest BCUT2D eigenvalue weighted by Crippen LogP contribution is 2.18. The van der Waals surface area contributed by atoms with Gasteiger partial charge in [0.2, 0.25) is 0 Å². The van der Waals surface area contributed by atoms with Gasteiger partial charge in [-0.2, -0.15) is 0 Å². The van der Waals surface area contributed by atoms with Crippen molar-refractivity contribution >= 4 is 0 Å². The number of hydrogen-bond donors (Lipinski definition) is 1. The van der Waals surface area contributed by atoms with Crippen LogP contribution in [-0.4, -0.2) is 15.0 Å². The van der Waals surface area contributed by atoms with E-state index in [0.29, 0.717) is 11.5 Å². The number of benzene rings is 1. The molecule has 0 saturated carbocycles. The second-order valence-corrected chi connectivity index (χ2v) is 4.08. The topological polar surface area (TPSA) is 58.6 Å². The van der Waals surface area contributed by atoms with Crippen LogP contribution >= 0.6 is 0 Å². The molecule has 1 aromatic carbocycles. The van der Waals surface area contributed by atoms with Gasteiger partial charge in [-0.05, 0) is 12.1 Å². The van der Waals surface area contributed by atoms with E-state index in [0.717, 1.165) is 11.1 Å². The molecule has 3 rings (SSSR count). The van der Waals surface area contributed by atoms with E-state index in [2.05, 4.69) is 15.0 Å². The number of nitrogens with one attached hydrogen (secondary N) is 1. The third-order valence-electron chi connectivity index (χ3n) is 2.76. The lowest BCUT2D eigenvalue weighted by Gasteiger charge is -2.04. The summed E-state index contributed by atoms with van der Waals surface area (Å²) in [4.78, 5) is 22.9. The van der Waals surface area contributed by atoms with Gasteiger partial charge in [-0.15, -0.1) is 0 Å². The van der Waals surface area contributed by atoms with Crippen LogP contribution in [0.3, 0.4) is 0 Å². The lowest BCUT2D eigenvalue weighted by molar-refractivity contribution is 1.13. The second-order valence-electron chi connectivity index (χ2n) is 4.08. The first kappa shape index (κ1) is 14.7. The first-order valence-corrected chi connectivity index (χ1v) is 6.90. The van der Waals surface area contributed by atoms with Gasteiger partial charge in [0.25, 0.3) is 5.56 Å². The molecule has 106 valence electrons. The molecular weight excluding hydrogens is 262 g/mol. The summed E-state index contributed by atoms with van der Waals surface area (Å²) in [7, 11) is 0. The number of aromatic nitrogens is 3. The maximum absolute atomic E-state index is 11.7. The Morgan fingerprint density at radius 1 is 0.905 bits per heavy atom. The summed E-state index contributed by atoms with van der Waals surface area (Å²) in [5.74, 6) is 0.550. The van der Waals surface area contributed by atoms with Crippen molar-refractivity contribution in [3.05, 3.63) is 71.3 Å². The zero-order chi connectivity index (χ0) is 15.1. The van der Waals surface area contributed by atoms with Crippen LogP contribution in [0.4, 0.5) is 0 Å². The molecule has 4 nitrogen and oxygen atoms in total. The first-order chi connectivity index (χ1) is 10.3. The molecule has 0 saturated heterocycles. The first-order valence-electron chi connectivity index (χ1n) is 6.90. The Balaban J connectivity index is 0.000000774. The van der Waals surface area contributed by atoms with E-state index in [1.54, 1.807) is 12.4 Å². The summed E-state index contributed by atoms with van der Waals surface area (Å²) >= 11 is 0. The van der Waals surface area contributed by atoms with Crippen LogP contribution < -0.4 is 5.56 Å². The fraction of sp³-hybridized carbons (Fsp3) is 0.118. The molecule has 1 N–H and O–H groups in total. The number of rotatable bonds is 2. The van der Waals surface area contributed by atoms with E-state index in [4.69, 9.17) is 0 Å². The number of hydrogen-bond acceptors (Lipinski definition) is 3. The highest BCUT2D eigenvalue weighted by molar-refractivity contribution is 5.62. The lowest BCUT2D eigenvalue weighted by Crippen LogP contribution is -2.08. The molecule has 0 bridgehead atoms. The van der Waals surface area contributed by atoms with Crippen molar-refractivity contribution in [3.63, 3.8) is 0 Å². The van der Waals surface area contributed by atoms with Gasteiger partial charge in [0, 0.05) is 29.6 Å². The highest BCUT2D eigenvalue weighted by Gasteiger charge is 2.05. The number of aromatic amines is 1. The molecule has 0 unspecified atom stereocenters. The molecule has 0 atom stereocenters. The van der Waals surface area contributed by atoms with E-state index in [1.807, 2.05) is 56.3 Å². The van der Waals surface area contributed by atoms with Gasteiger partial charge in [0.1, 0.15) is 5.82 Å². The maximum Gasteiger partial charge on any atom is 0.251 e. The van der Waals surface area contributed by atoms with E-state index < -0.39 is 0 Å². The Labute approximate surface area is 123 Å². The van der Waals surface area contributed by atoms with Crippen molar-refractivity contribution < 1.29 is 0 Å². The largest absolute Gasteiger partial charge is 0.306 e. The summed E-state index contributed by atoms with van der Waals surface area (Å²) < 4.78 is 0.